The molecule has 2 heteroatoms. The van der Waals surface area contributed by atoms with Crippen LogP contribution in [0, 0.1) is 6.92 Å². The highest BCUT2D eigenvalue weighted by molar-refractivity contribution is 5.31. The molecule has 2 rings (SSSR count). The third kappa shape index (κ3) is 3.33. The topological polar surface area (TPSA) is 32.3 Å². The number of rotatable bonds is 6. The first kappa shape index (κ1) is 13.6. The summed E-state index contributed by atoms with van der Waals surface area (Å²) in [5, 5.41) is 12.5. The third-order valence-corrected chi connectivity index (χ3v) is 4.08. The largest absolute Gasteiger partial charge is 0.396 e. The zero-order chi connectivity index (χ0) is 13.0. The summed E-state index contributed by atoms with van der Waals surface area (Å²) >= 11 is 0. The minimum atomic E-state index is 0.308. The first-order valence-corrected chi connectivity index (χ1v) is 7.13. The minimum absolute atomic E-state index is 0.308. The van der Waals surface area contributed by atoms with Gasteiger partial charge in [0.1, 0.15) is 0 Å². The summed E-state index contributed by atoms with van der Waals surface area (Å²) in [5.41, 5.74) is 2.95. The van der Waals surface area contributed by atoms with Gasteiger partial charge in [0.15, 0.2) is 0 Å². The van der Waals surface area contributed by atoms with Crippen molar-refractivity contribution in [2.75, 3.05) is 6.61 Å². The molecule has 0 amide bonds. The first-order chi connectivity index (χ1) is 8.70. The fraction of sp³-hybridized carbons (Fsp3) is 0.625. The van der Waals surface area contributed by atoms with Gasteiger partial charge in [0.2, 0.25) is 0 Å². The van der Waals surface area contributed by atoms with Crippen LogP contribution in [0.4, 0.5) is 0 Å². The lowest BCUT2D eigenvalue weighted by Gasteiger charge is -2.38. The Kier molecular flexibility index (Phi) is 4.79. The fourth-order valence-electron chi connectivity index (χ4n) is 2.94. The van der Waals surface area contributed by atoms with E-state index in [1.807, 2.05) is 0 Å². The van der Waals surface area contributed by atoms with Crippen LogP contribution in [-0.4, -0.2) is 23.8 Å². The van der Waals surface area contributed by atoms with Crippen molar-refractivity contribution in [2.24, 2.45) is 0 Å². The van der Waals surface area contributed by atoms with Crippen molar-refractivity contribution in [3.05, 3.63) is 35.4 Å². The Hall–Kier alpha value is -0.860. The van der Waals surface area contributed by atoms with Gasteiger partial charge in [-0.15, -0.1) is 0 Å². The van der Waals surface area contributed by atoms with E-state index in [0.29, 0.717) is 18.7 Å². The molecule has 1 fully saturated rings. The summed E-state index contributed by atoms with van der Waals surface area (Å²) in [6.45, 7) is 4.74. The lowest BCUT2D eigenvalue weighted by Crippen LogP contribution is -2.44. The van der Waals surface area contributed by atoms with E-state index in [1.165, 1.54) is 24.0 Å². The number of hydrogen-bond acceptors (Lipinski definition) is 2. The van der Waals surface area contributed by atoms with Gasteiger partial charge in [-0.1, -0.05) is 24.3 Å². The van der Waals surface area contributed by atoms with Gasteiger partial charge in [-0.05, 0) is 56.6 Å². The molecule has 1 aromatic rings. The molecule has 1 aromatic carbocycles. The predicted molar refractivity (Wildman–Crippen MR) is 75.9 cm³/mol. The lowest BCUT2D eigenvalue weighted by atomic mass is 9.74. The second-order valence-corrected chi connectivity index (χ2v) is 5.66. The summed E-state index contributed by atoms with van der Waals surface area (Å²) in [6.07, 6.45) is 4.49. The van der Waals surface area contributed by atoms with E-state index in [-0.39, 0.29) is 0 Å². The van der Waals surface area contributed by atoms with Crippen LogP contribution >= 0.6 is 0 Å². The second kappa shape index (κ2) is 6.35. The number of aliphatic hydroxyl groups is 1. The molecule has 0 aliphatic heterocycles. The van der Waals surface area contributed by atoms with E-state index in [4.69, 9.17) is 5.11 Å². The van der Waals surface area contributed by atoms with Crippen LogP contribution in [0.15, 0.2) is 24.3 Å². The van der Waals surface area contributed by atoms with Crippen LogP contribution in [0.1, 0.15) is 49.7 Å². The molecule has 1 aliphatic rings. The minimum Gasteiger partial charge on any atom is -0.396 e. The van der Waals surface area contributed by atoms with Gasteiger partial charge in [-0.25, -0.2) is 0 Å². The number of hydrogen-bond donors (Lipinski definition) is 2. The molecule has 1 saturated carbocycles. The smallest absolute Gasteiger partial charge is 0.0431 e. The molecule has 1 aliphatic carbocycles. The van der Waals surface area contributed by atoms with Gasteiger partial charge in [0.25, 0.3) is 0 Å². The first-order valence-electron chi connectivity index (χ1n) is 7.13. The van der Waals surface area contributed by atoms with Crippen molar-refractivity contribution in [3.8, 4) is 0 Å². The molecule has 1 unspecified atom stereocenters. The van der Waals surface area contributed by atoms with E-state index >= 15 is 0 Å². The lowest BCUT2D eigenvalue weighted by molar-refractivity contribution is 0.244. The molecule has 0 spiro atoms. The van der Waals surface area contributed by atoms with Crippen molar-refractivity contribution < 1.29 is 5.11 Å². The van der Waals surface area contributed by atoms with E-state index in [2.05, 4.69) is 43.4 Å². The Morgan fingerprint density at radius 2 is 2.06 bits per heavy atom. The van der Waals surface area contributed by atoms with Crippen molar-refractivity contribution >= 4 is 0 Å². The summed E-state index contributed by atoms with van der Waals surface area (Å²) < 4.78 is 0. The Balaban J connectivity index is 1.75. The summed E-state index contributed by atoms with van der Waals surface area (Å²) in [5.74, 6) is 0.744. The maximum absolute atomic E-state index is 8.81. The van der Waals surface area contributed by atoms with Crippen LogP contribution < -0.4 is 5.32 Å². The Morgan fingerprint density at radius 3 is 2.72 bits per heavy atom. The molecule has 0 bridgehead atoms. The molecular formula is C16H25NO. The van der Waals surface area contributed by atoms with Crippen molar-refractivity contribution in [2.45, 2.75) is 57.5 Å². The van der Waals surface area contributed by atoms with Crippen LogP contribution in [0.5, 0.6) is 0 Å². The number of nitrogens with one attached hydrogen (secondary N) is 1. The Morgan fingerprint density at radius 1 is 1.33 bits per heavy atom. The van der Waals surface area contributed by atoms with Gasteiger partial charge in [-0.3, -0.25) is 0 Å². The molecule has 0 aromatic heterocycles. The summed E-state index contributed by atoms with van der Waals surface area (Å²) in [4.78, 5) is 0. The highest BCUT2D eigenvalue weighted by Gasteiger charge is 2.31. The molecule has 2 N–H and O–H groups in total. The molecule has 0 radical (unpaired) electrons. The maximum atomic E-state index is 8.81. The normalized spacial score (nSPS) is 24.6. The van der Waals surface area contributed by atoms with Gasteiger partial charge in [-0.2, -0.15) is 0 Å². The average Bonchev–Trinajstić information content (AvgIpc) is 2.32. The highest BCUT2D eigenvalue weighted by Crippen LogP contribution is 2.38. The maximum Gasteiger partial charge on any atom is 0.0431 e. The predicted octanol–water partition coefficient (Wildman–Crippen LogP) is 2.99. The van der Waals surface area contributed by atoms with Crippen molar-refractivity contribution in [1.29, 1.82) is 0 Å². The molecule has 18 heavy (non-hydrogen) atoms. The second-order valence-electron chi connectivity index (χ2n) is 5.66. The fourth-order valence-corrected chi connectivity index (χ4v) is 2.94. The molecule has 1 atom stereocenters. The van der Waals surface area contributed by atoms with Crippen LogP contribution in [0.2, 0.25) is 0 Å². The molecular weight excluding hydrogens is 222 g/mol. The Bertz CT molecular complexity index is 371. The number of aliphatic hydroxyl groups excluding tert-OH is 1. The van der Waals surface area contributed by atoms with E-state index in [9.17, 15) is 0 Å². The van der Waals surface area contributed by atoms with Crippen LogP contribution in [0.25, 0.3) is 0 Å². The monoisotopic (exact) mass is 247 g/mol. The average molecular weight is 247 g/mol. The zero-order valence-corrected chi connectivity index (χ0v) is 11.5. The summed E-state index contributed by atoms with van der Waals surface area (Å²) in [6, 6.07) is 9.94. The van der Waals surface area contributed by atoms with Crippen LogP contribution in [0.3, 0.4) is 0 Å². The van der Waals surface area contributed by atoms with E-state index in [0.717, 1.165) is 18.8 Å². The molecule has 0 saturated heterocycles. The number of benzene rings is 1. The zero-order valence-electron chi connectivity index (χ0n) is 11.5. The van der Waals surface area contributed by atoms with E-state index in [1.54, 1.807) is 0 Å². The van der Waals surface area contributed by atoms with Crippen LogP contribution in [-0.2, 0) is 0 Å². The highest BCUT2D eigenvalue weighted by atomic mass is 16.2. The van der Waals surface area contributed by atoms with Gasteiger partial charge >= 0.3 is 0 Å². The summed E-state index contributed by atoms with van der Waals surface area (Å²) in [7, 11) is 0. The van der Waals surface area contributed by atoms with Crippen molar-refractivity contribution in [1.82, 2.24) is 5.32 Å². The molecule has 2 nitrogen and oxygen atoms in total. The SMILES string of the molecule is Cc1ccccc1C1CC(NC(C)CCCO)C1. The van der Waals surface area contributed by atoms with Gasteiger partial charge < -0.3 is 10.4 Å². The van der Waals surface area contributed by atoms with Gasteiger partial charge in [0.05, 0.1) is 0 Å². The van der Waals surface area contributed by atoms with Crippen molar-refractivity contribution in [3.63, 3.8) is 0 Å². The van der Waals surface area contributed by atoms with Gasteiger partial charge in [0, 0.05) is 18.7 Å². The van der Waals surface area contributed by atoms with E-state index < -0.39 is 0 Å². The quantitative estimate of drug-likeness (QED) is 0.810. The molecule has 100 valence electrons. The molecule has 0 heterocycles. The standard InChI is InChI=1S/C16H25NO/c1-12-6-3-4-8-16(12)14-10-15(11-14)17-13(2)7-5-9-18/h3-4,6,8,13-15,17-18H,5,7,9-11H2,1-2H3. The number of aryl methyl sites for hydroxylation is 1. The Labute approximate surface area is 110 Å². The third-order valence-electron chi connectivity index (χ3n) is 4.08.